The third-order valence-electron chi connectivity index (χ3n) is 1.84. The molecule has 4 nitrogen and oxygen atoms in total. The lowest BCUT2D eigenvalue weighted by atomic mass is 10.3. The molecule has 0 aliphatic heterocycles. The number of rotatable bonds is 2. The van der Waals surface area contributed by atoms with E-state index in [-0.39, 0.29) is 0 Å². The third-order valence-corrected chi connectivity index (χ3v) is 3.56. The highest BCUT2D eigenvalue weighted by Crippen LogP contribution is 2.26. The molecule has 1 N–H and O–H groups in total. The summed E-state index contributed by atoms with van der Waals surface area (Å²) >= 11 is 4.80. The first kappa shape index (κ1) is 10.5. The smallest absolute Gasteiger partial charge is 0.208 e. The van der Waals surface area contributed by atoms with Crippen LogP contribution in [0.2, 0.25) is 0 Å². The van der Waals surface area contributed by atoms with Crippen molar-refractivity contribution in [3.05, 3.63) is 28.1 Å². The van der Waals surface area contributed by atoms with Crippen LogP contribution in [0.4, 0.5) is 10.9 Å². The molecule has 0 atom stereocenters. The third kappa shape index (κ3) is 2.32. The SMILES string of the molecule is Cc1nsc(Nc2nccc(C)c2Br)n1. The van der Waals surface area contributed by atoms with Crippen LogP contribution in [0.15, 0.2) is 16.7 Å². The van der Waals surface area contributed by atoms with Gasteiger partial charge < -0.3 is 5.32 Å². The number of pyridine rings is 1. The van der Waals surface area contributed by atoms with Crippen molar-refractivity contribution in [3.63, 3.8) is 0 Å². The first-order valence-electron chi connectivity index (χ1n) is 4.35. The fourth-order valence-electron chi connectivity index (χ4n) is 1.08. The lowest BCUT2D eigenvalue weighted by molar-refractivity contribution is 1.16. The van der Waals surface area contributed by atoms with Crippen molar-refractivity contribution in [2.45, 2.75) is 13.8 Å². The molecule has 0 aliphatic rings. The molecule has 2 heterocycles. The van der Waals surface area contributed by atoms with E-state index in [1.54, 1.807) is 6.20 Å². The molecule has 0 amide bonds. The second kappa shape index (κ2) is 4.24. The van der Waals surface area contributed by atoms with Crippen LogP contribution in [0.5, 0.6) is 0 Å². The Hall–Kier alpha value is -1.01. The number of aromatic nitrogens is 3. The van der Waals surface area contributed by atoms with E-state index in [1.165, 1.54) is 11.5 Å². The van der Waals surface area contributed by atoms with Crippen LogP contribution in [0.1, 0.15) is 11.4 Å². The minimum atomic E-state index is 0.756. The van der Waals surface area contributed by atoms with E-state index in [0.717, 1.165) is 26.8 Å². The highest BCUT2D eigenvalue weighted by Gasteiger charge is 2.06. The summed E-state index contributed by atoms with van der Waals surface area (Å²) < 4.78 is 5.05. The zero-order valence-corrected chi connectivity index (χ0v) is 10.7. The maximum absolute atomic E-state index is 4.22. The van der Waals surface area contributed by atoms with Gasteiger partial charge in [-0.05, 0) is 41.4 Å². The van der Waals surface area contributed by atoms with Gasteiger partial charge in [0.15, 0.2) is 0 Å². The van der Waals surface area contributed by atoms with E-state index in [4.69, 9.17) is 0 Å². The summed E-state index contributed by atoms with van der Waals surface area (Å²) in [6.07, 6.45) is 1.76. The van der Waals surface area contributed by atoms with Gasteiger partial charge in [-0.3, -0.25) is 0 Å². The van der Waals surface area contributed by atoms with Crippen molar-refractivity contribution >= 4 is 38.4 Å². The Morgan fingerprint density at radius 3 is 2.87 bits per heavy atom. The Labute approximate surface area is 100 Å². The van der Waals surface area contributed by atoms with Crippen LogP contribution < -0.4 is 5.32 Å². The van der Waals surface area contributed by atoms with Crippen LogP contribution >= 0.6 is 27.5 Å². The quantitative estimate of drug-likeness (QED) is 0.921. The van der Waals surface area contributed by atoms with Gasteiger partial charge >= 0.3 is 0 Å². The molecule has 0 bridgehead atoms. The summed E-state index contributed by atoms with van der Waals surface area (Å²) in [7, 11) is 0. The summed E-state index contributed by atoms with van der Waals surface area (Å²) in [6.45, 7) is 3.88. The van der Waals surface area contributed by atoms with Gasteiger partial charge in [0.05, 0.1) is 4.47 Å². The molecule has 78 valence electrons. The Morgan fingerprint density at radius 1 is 1.40 bits per heavy atom. The number of hydrogen-bond acceptors (Lipinski definition) is 5. The van der Waals surface area contributed by atoms with E-state index in [2.05, 4.69) is 35.6 Å². The Morgan fingerprint density at radius 2 is 2.20 bits per heavy atom. The molecule has 6 heteroatoms. The van der Waals surface area contributed by atoms with E-state index in [0.29, 0.717) is 0 Å². The molecule has 2 aromatic rings. The molecule has 0 aromatic carbocycles. The molecule has 15 heavy (non-hydrogen) atoms. The topological polar surface area (TPSA) is 50.7 Å². The van der Waals surface area contributed by atoms with Crippen molar-refractivity contribution in [3.8, 4) is 0 Å². The van der Waals surface area contributed by atoms with Crippen LogP contribution in [-0.4, -0.2) is 14.3 Å². The molecule has 0 saturated carbocycles. The number of nitrogens with one attached hydrogen (secondary N) is 1. The van der Waals surface area contributed by atoms with Gasteiger partial charge in [-0.2, -0.15) is 4.37 Å². The fraction of sp³-hybridized carbons (Fsp3) is 0.222. The number of halogens is 1. The number of nitrogens with zero attached hydrogens (tertiary/aromatic N) is 3. The predicted octanol–water partition coefficient (Wildman–Crippen LogP) is 3.06. The summed E-state index contributed by atoms with van der Waals surface area (Å²) in [4.78, 5) is 8.44. The number of anilines is 2. The molecule has 2 rings (SSSR count). The Bertz CT molecular complexity index is 483. The van der Waals surface area contributed by atoms with Gasteiger partial charge in [0, 0.05) is 17.7 Å². The number of hydrogen-bond donors (Lipinski definition) is 1. The average molecular weight is 285 g/mol. The van der Waals surface area contributed by atoms with Crippen molar-refractivity contribution in [2.75, 3.05) is 5.32 Å². The maximum atomic E-state index is 4.22. The highest BCUT2D eigenvalue weighted by molar-refractivity contribution is 9.10. The van der Waals surface area contributed by atoms with Crippen molar-refractivity contribution in [1.29, 1.82) is 0 Å². The largest absolute Gasteiger partial charge is 0.314 e. The molecule has 0 unspecified atom stereocenters. The van der Waals surface area contributed by atoms with Crippen LogP contribution in [0.25, 0.3) is 0 Å². The van der Waals surface area contributed by atoms with E-state index in [9.17, 15) is 0 Å². The summed E-state index contributed by atoms with van der Waals surface area (Å²) in [5, 5.41) is 3.88. The fourth-order valence-corrected chi connectivity index (χ4v) is 1.98. The molecule has 0 fully saturated rings. The van der Waals surface area contributed by atoms with Gasteiger partial charge in [0.1, 0.15) is 11.6 Å². The molecule has 0 spiro atoms. The molecule has 2 aromatic heterocycles. The van der Waals surface area contributed by atoms with Gasteiger partial charge in [-0.1, -0.05) is 0 Å². The van der Waals surface area contributed by atoms with Gasteiger partial charge in [0.25, 0.3) is 0 Å². The average Bonchev–Trinajstić information content (AvgIpc) is 2.59. The molecular formula is C9H9BrN4S. The maximum Gasteiger partial charge on any atom is 0.208 e. The van der Waals surface area contributed by atoms with Crippen LogP contribution in [-0.2, 0) is 0 Å². The standard InChI is InChI=1S/C9H9BrN4S/c1-5-3-4-11-8(7(5)10)13-9-12-6(2)14-15-9/h3-4H,1-2H3,(H,11,12,13,14). The molecule has 0 radical (unpaired) electrons. The van der Waals surface area contributed by atoms with Gasteiger partial charge in [-0.25, -0.2) is 9.97 Å². The van der Waals surface area contributed by atoms with Crippen LogP contribution in [0.3, 0.4) is 0 Å². The summed E-state index contributed by atoms with van der Waals surface area (Å²) in [5.74, 6) is 1.54. The summed E-state index contributed by atoms with van der Waals surface area (Å²) in [6, 6.07) is 1.95. The zero-order chi connectivity index (χ0) is 10.8. The molecule has 0 saturated heterocycles. The number of aryl methyl sites for hydroxylation is 2. The van der Waals surface area contributed by atoms with Crippen molar-refractivity contribution in [1.82, 2.24) is 14.3 Å². The predicted molar refractivity (Wildman–Crippen MR) is 64.6 cm³/mol. The summed E-state index contributed by atoms with van der Waals surface area (Å²) in [5.41, 5.74) is 1.13. The minimum absolute atomic E-state index is 0.756. The molecular weight excluding hydrogens is 276 g/mol. The van der Waals surface area contributed by atoms with Crippen molar-refractivity contribution < 1.29 is 0 Å². The zero-order valence-electron chi connectivity index (χ0n) is 8.28. The van der Waals surface area contributed by atoms with Crippen molar-refractivity contribution in [2.24, 2.45) is 0 Å². The lowest BCUT2D eigenvalue weighted by Gasteiger charge is -2.05. The Balaban J connectivity index is 2.28. The normalized spacial score (nSPS) is 10.3. The van der Waals surface area contributed by atoms with Crippen LogP contribution in [0, 0.1) is 13.8 Å². The van der Waals surface area contributed by atoms with Gasteiger partial charge in [-0.15, -0.1) is 0 Å². The Kier molecular flexibility index (Phi) is 2.97. The minimum Gasteiger partial charge on any atom is -0.314 e. The highest BCUT2D eigenvalue weighted by atomic mass is 79.9. The lowest BCUT2D eigenvalue weighted by Crippen LogP contribution is -1.95. The van der Waals surface area contributed by atoms with E-state index >= 15 is 0 Å². The molecule has 0 aliphatic carbocycles. The monoisotopic (exact) mass is 284 g/mol. The van der Waals surface area contributed by atoms with E-state index in [1.807, 2.05) is 19.9 Å². The second-order valence-corrected chi connectivity index (χ2v) is 4.61. The van der Waals surface area contributed by atoms with E-state index < -0.39 is 0 Å². The first-order valence-corrected chi connectivity index (χ1v) is 5.92. The first-order chi connectivity index (χ1) is 7.16. The van der Waals surface area contributed by atoms with Gasteiger partial charge in [0.2, 0.25) is 5.13 Å². The second-order valence-electron chi connectivity index (χ2n) is 3.06.